The van der Waals surface area contributed by atoms with Gasteiger partial charge in [0.15, 0.2) is 0 Å². The third kappa shape index (κ3) is 2.68. The number of fused-ring (bicyclic) bond motifs is 1. The van der Waals surface area contributed by atoms with E-state index < -0.39 is 0 Å². The van der Waals surface area contributed by atoms with Crippen molar-refractivity contribution in [3.05, 3.63) is 29.3 Å². The van der Waals surface area contributed by atoms with Gasteiger partial charge in [-0.05, 0) is 43.1 Å². The first-order valence-corrected chi connectivity index (χ1v) is 8.00. The molecule has 1 fully saturated rings. The Balaban J connectivity index is 1.76. The minimum absolute atomic E-state index is 0.107. The Kier molecular flexibility index (Phi) is 4.20. The van der Waals surface area contributed by atoms with E-state index in [1.54, 1.807) is 7.11 Å². The molecule has 1 aromatic carbocycles. The SMILES string of the molecule is CCC1CN(C2Cc3ccc(OC)cc3C2N)CCN1C. The zero-order chi connectivity index (χ0) is 15.0. The number of hydrogen-bond donors (Lipinski definition) is 1. The van der Waals surface area contributed by atoms with E-state index in [1.807, 2.05) is 6.07 Å². The van der Waals surface area contributed by atoms with E-state index in [0.29, 0.717) is 12.1 Å². The smallest absolute Gasteiger partial charge is 0.119 e. The summed E-state index contributed by atoms with van der Waals surface area (Å²) in [6.45, 7) is 5.67. The van der Waals surface area contributed by atoms with Crippen LogP contribution in [0.25, 0.3) is 0 Å². The van der Waals surface area contributed by atoms with Gasteiger partial charge in [0.25, 0.3) is 0 Å². The molecule has 1 heterocycles. The minimum Gasteiger partial charge on any atom is -0.497 e. The van der Waals surface area contributed by atoms with Gasteiger partial charge < -0.3 is 15.4 Å². The highest BCUT2D eigenvalue weighted by Crippen LogP contribution is 2.36. The molecule has 116 valence electrons. The van der Waals surface area contributed by atoms with Gasteiger partial charge in [-0.15, -0.1) is 0 Å². The van der Waals surface area contributed by atoms with Gasteiger partial charge in [-0.1, -0.05) is 13.0 Å². The highest BCUT2D eigenvalue weighted by atomic mass is 16.5. The number of benzene rings is 1. The molecule has 0 radical (unpaired) electrons. The Bertz CT molecular complexity index is 505. The zero-order valence-corrected chi connectivity index (χ0v) is 13.4. The van der Waals surface area contributed by atoms with Gasteiger partial charge in [0, 0.05) is 37.8 Å². The van der Waals surface area contributed by atoms with E-state index in [9.17, 15) is 0 Å². The molecule has 2 N–H and O–H groups in total. The maximum atomic E-state index is 6.56. The van der Waals surface area contributed by atoms with E-state index >= 15 is 0 Å². The quantitative estimate of drug-likeness (QED) is 0.918. The first kappa shape index (κ1) is 14.8. The fourth-order valence-corrected chi connectivity index (χ4v) is 3.82. The average Bonchev–Trinajstić information content (AvgIpc) is 2.84. The lowest BCUT2D eigenvalue weighted by molar-refractivity contribution is 0.0573. The topological polar surface area (TPSA) is 41.7 Å². The zero-order valence-electron chi connectivity index (χ0n) is 13.4. The maximum Gasteiger partial charge on any atom is 0.119 e. The summed E-state index contributed by atoms with van der Waals surface area (Å²) < 4.78 is 5.34. The number of nitrogens with two attached hydrogens (primary N) is 1. The molecule has 2 aliphatic rings. The summed E-state index contributed by atoms with van der Waals surface area (Å²) in [7, 11) is 3.95. The predicted molar refractivity (Wildman–Crippen MR) is 85.7 cm³/mol. The van der Waals surface area contributed by atoms with Crippen LogP contribution in [0.5, 0.6) is 5.75 Å². The molecule has 3 unspecified atom stereocenters. The van der Waals surface area contributed by atoms with Crippen LogP contribution >= 0.6 is 0 Å². The van der Waals surface area contributed by atoms with E-state index in [2.05, 4.69) is 35.9 Å². The molecule has 0 amide bonds. The minimum atomic E-state index is 0.107. The van der Waals surface area contributed by atoms with Crippen molar-refractivity contribution in [3.63, 3.8) is 0 Å². The third-order valence-electron chi connectivity index (χ3n) is 5.30. The number of methoxy groups -OCH3 is 1. The van der Waals surface area contributed by atoms with Crippen LogP contribution in [-0.2, 0) is 6.42 Å². The molecule has 1 aliphatic carbocycles. The summed E-state index contributed by atoms with van der Waals surface area (Å²) in [4.78, 5) is 5.08. The molecule has 0 aromatic heterocycles. The molecule has 0 bridgehead atoms. The van der Waals surface area contributed by atoms with Gasteiger partial charge in [-0.25, -0.2) is 0 Å². The molecule has 3 atom stereocenters. The van der Waals surface area contributed by atoms with Crippen LogP contribution in [0.4, 0.5) is 0 Å². The largest absolute Gasteiger partial charge is 0.497 e. The van der Waals surface area contributed by atoms with Gasteiger partial charge in [0.2, 0.25) is 0 Å². The van der Waals surface area contributed by atoms with Crippen LogP contribution in [0.1, 0.15) is 30.5 Å². The number of nitrogens with zero attached hydrogens (tertiary/aromatic N) is 2. The van der Waals surface area contributed by atoms with Gasteiger partial charge in [-0.3, -0.25) is 4.90 Å². The summed E-state index contributed by atoms with van der Waals surface area (Å²) in [5, 5.41) is 0. The Morgan fingerprint density at radius 3 is 2.86 bits per heavy atom. The van der Waals surface area contributed by atoms with Crippen molar-refractivity contribution in [1.29, 1.82) is 0 Å². The van der Waals surface area contributed by atoms with Crippen molar-refractivity contribution in [2.75, 3.05) is 33.8 Å². The van der Waals surface area contributed by atoms with Crippen molar-refractivity contribution >= 4 is 0 Å². The Morgan fingerprint density at radius 1 is 1.33 bits per heavy atom. The molecule has 21 heavy (non-hydrogen) atoms. The van der Waals surface area contributed by atoms with Crippen molar-refractivity contribution in [2.45, 2.75) is 37.9 Å². The summed E-state index contributed by atoms with van der Waals surface area (Å²) in [6, 6.07) is 7.55. The lowest BCUT2D eigenvalue weighted by Crippen LogP contribution is -2.55. The number of ether oxygens (including phenoxy) is 1. The summed E-state index contributed by atoms with van der Waals surface area (Å²) in [5.41, 5.74) is 9.21. The second-order valence-corrected chi connectivity index (χ2v) is 6.40. The van der Waals surface area contributed by atoms with Gasteiger partial charge in [0.05, 0.1) is 7.11 Å². The maximum absolute atomic E-state index is 6.56. The number of likely N-dealkylation sites (N-methyl/N-ethyl adjacent to an activating group) is 1. The predicted octanol–water partition coefficient (Wildman–Crippen LogP) is 1.65. The van der Waals surface area contributed by atoms with Crippen LogP contribution in [0.3, 0.4) is 0 Å². The van der Waals surface area contributed by atoms with Gasteiger partial charge in [0.1, 0.15) is 5.75 Å². The van der Waals surface area contributed by atoms with Gasteiger partial charge >= 0.3 is 0 Å². The molecule has 4 heteroatoms. The molecule has 0 spiro atoms. The summed E-state index contributed by atoms with van der Waals surface area (Å²) >= 11 is 0. The second-order valence-electron chi connectivity index (χ2n) is 6.40. The van der Waals surface area contributed by atoms with Crippen LogP contribution in [0.2, 0.25) is 0 Å². The molecular weight excluding hydrogens is 262 g/mol. The Morgan fingerprint density at radius 2 is 2.14 bits per heavy atom. The molecule has 1 aromatic rings. The van der Waals surface area contributed by atoms with Crippen LogP contribution in [0, 0.1) is 0 Å². The molecular formula is C17H27N3O. The molecule has 1 saturated heterocycles. The molecule has 4 nitrogen and oxygen atoms in total. The van der Waals surface area contributed by atoms with Crippen LogP contribution in [0.15, 0.2) is 18.2 Å². The van der Waals surface area contributed by atoms with E-state index in [4.69, 9.17) is 10.5 Å². The normalized spacial score (nSPS) is 30.4. The highest BCUT2D eigenvalue weighted by Gasteiger charge is 2.37. The van der Waals surface area contributed by atoms with Crippen LogP contribution < -0.4 is 10.5 Å². The van der Waals surface area contributed by atoms with Crippen molar-refractivity contribution in [1.82, 2.24) is 9.80 Å². The molecule has 3 rings (SSSR count). The summed E-state index contributed by atoms with van der Waals surface area (Å²) in [5.74, 6) is 0.912. The van der Waals surface area contributed by atoms with Crippen molar-refractivity contribution in [3.8, 4) is 5.75 Å². The summed E-state index contributed by atoms with van der Waals surface area (Å²) in [6.07, 6.45) is 2.27. The lowest BCUT2D eigenvalue weighted by atomic mass is 10.0. The first-order chi connectivity index (χ1) is 10.1. The van der Waals surface area contributed by atoms with Crippen LogP contribution in [-0.4, -0.2) is 55.7 Å². The Labute approximate surface area is 127 Å². The fourth-order valence-electron chi connectivity index (χ4n) is 3.82. The highest BCUT2D eigenvalue weighted by molar-refractivity contribution is 5.42. The average molecular weight is 289 g/mol. The van der Waals surface area contributed by atoms with E-state index in [1.165, 1.54) is 17.5 Å². The third-order valence-corrected chi connectivity index (χ3v) is 5.30. The first-order valence-electron chi connectivity index (χ1n) is 8.00. The monoisotopic (exact) mass is 289 g/mol. The fraction of sp³-hybridized carbons (Fsp3) is 0.647. The number of hydrogen-bond acceptors (Lipinski definition) is 4. The second kappa shape index (κ2) is 5.95. The van der Waals surface area contributed by atoms with E-state index in [-0.39, 0.29) is 6.04 Å². The standard InChI is InChI=1S/C17H27N3O/c1-4-13-11-20(8-7-19(13)2)16-9-12-5-6-14(21-3)10-15(12)17(16)18/h5-6,10,13,16-17H,4,7-9,11,18H2,1-3H3. The molecule has 0 saturated carbocycles. The Hall–Kier alpha value is -1.10. The van der Waals surface area contributed by atoms with Crippen molar-refractivity contribution < 1.29 is 4.74 Å². The number of rotatable bonds is 3. The van der Waals surface area contributed by atoms with E-state index in [0.717, 1.165) is 31.8 Å². The van der Waals surface area contributed by atoms with Crippen molar-refractivity contribution in [2.24, 2.45) is 5.73 Å². The lowest BCUT2D eigenvalue weighted by Gasteiger charge is -2.43. The molecule has 1 aliphatic heterocycles. The van der Waals surface area contributed by atoms with Gasteiger partial charge in [-0.2, -0.15) is 0 Å². The number of piperazine rings is 1.